The maximum absolute atomic E-state index is 13.1. The van der Waals surface area contributed by atoms with E-state index >= 15 is 0 Å². The van der Waals surface area contributed by atoms with Crippen molar-refractivity contribution in [2.24, 2.45) is 5.92 Å². The molecule has 0 fully saturated rings. The summed E-state index contributed by atoms with van der Waals surface area (Å²) in [5, 5.41) is 2.53. The van der Waals surface area contributed by atoms with Crippen LogP contribution in [0.5, 0.6) is 0 Å². The Kier molecular flexibility index (Phi) is 5.50. The van der Waals surface area contributed by atoms with Crippen molar-refractivity contribution < 1.29 is 17.6 Å². The van der Waals surface area contributed by atoms with E-state index < -0.39 is 27.3 Å². The molecule has 5 nitrogen and oxygen atoms in total. The Morgan fingerprint density at radius 2 is 2.00 bits per heavy atom. The minimum atomic E-state index is -3.89. The fourth-order valence-corrected chi connectivity index (χ4v) is 2.79. The largest absolute Gasteiger partial charge is 0.399 e. The summed E-state index contributed by atoms with van der Waals surface area (Å²) >= 11 is 0. The number of carbonyl (C=O) groups excluding carboxylic acids is 1. The maximum Gasteiger partial charge on any atom is 0.235 e. The first-order valence-electron chi connectivity index (χ1n) is 6.26. The highest BCUT2D eigenvalue weighted by Gasteiger charge is 2.20. The molecule has 0 radical (unpaired) electrons. The van der Waals surface area contributed by atoms with E-state index in [0.717, 1.165) is 24.6 Å². The minimum absolute atomic E-state index is 0.00351. The normalized spacial score (nSPS) is 11.6. The van der Waals surface area contributed by atoms with Crippen LogP contribution in [0.4, 0.5) is 10.1 Å². The molecule has 0 heterocycles. The topological polar surface area (TPSA) is 89.3 Å². The smallest absolute Gasteiger partial charge is 0.235 e. The van der Waals surface area contributed by atoms with E-state index in [9.17, 15) is 17.6 Å². The molecule has 0 aliphatic heterocycles. The fourth-order valence-electron chi connectivity index (χ4n) is 1.57. The molecule has 0 saturated carbocycles. The van der Waals surface area contributed by atoms with Gasteiger partial charge in [0, 0.05) is 12.2 Å². The summed E-state index contributed by atoms with van der Waals surface area (Å²) in [6, 6.07) is 3.01. The van der Waals surface area contributed by atoms with Gasteiger partial charge >= 0.3 is 0 Å². The lowest BCUT2D eigenvalue weighted by atomic mass is 10.1. The number of amides is 1. The zero-order valence-electron chi connectivity index (χ0n) is 11.5. The van der Waals surface area contributed by atoms with Crippen LogP contribution < -0.4 is 11.1 Å². The van der Waals surface area contributed by atoms with Crippen molar-refractivity contribution in [3.8, 4) is 0 Å². The number of nitrogen functional groups attached to an aromatic ring is 1. The molecule has 112 valence electrons. The molecule has 0 aromatic heterocycles. The van der Waals surface area contributed by atoms with Crippen LogP contribution in [0.2, 0.25) is 0 Å². The van der Waals surface area contributed by atoms with E-state index in [0.29, 0.717) is 12.5 Å². The Morgan fingerprint density at radius 3 is 2.55 bits per heavy atom. The zero-order chi connectivity index (χ0) is 15.3. The van der Waals surface area contributed by atoms with Gasteiger partial charge in [0.1, 0.15) is 11.6 Å². The Hall–Kier alpha value is -1.63. The van der Waals surface area contributed by atoms with E-state index in [4.69, 9.17) is 5.73 Å². The number of hydrogen-bond donors (Lipinski definition) is 2. The molecular formula is C13H19FN2O3S. The summed E-state index contributed by atoms with van der Waals surface area (Å²) in [7, 11) is -3.89. The van der Waals surface area contributed by atoms with Gasteiger partial charge < -0.3 is 11.1 Å². The van der Waals surface area contributed by atoms with Crippen LogP contribution in [0.15, 0.2) is 23.1 Å². The molecule has 7 heteroatoms. The molecule has 1 rings (SSSR count). The van der Waals surface area contributed by atoms with E-state index in [1.165, 1.54) is 0 Å². The van der Waals surface area contributed by atoms with Crippen LogP contribution in [-0.4, -0.2) is 26.6 Å². The van der Waals surface area contributed by atoms with Crippen LogP contribution in [0.25, 0.3) is 0 Å². The number of sulfone groups is 1. The molecule has 0 spiro atoms. The molecule has 0 unspecified atom stereocenters. The van der Waals surface area contributed by atoms with Gasteiger partial charge in [0.25, 0.3) is 0 Å². The predicted octanol–water partition coefficient (Wildman–Crippen LogP) is 1.34. The van der Waals surface area contributed by atoms with Gasteiger partial charge in [-0.05, 0) is 30.5 Å². The van der Waals surface area contributed by atoms with E-state index in [-0.39, 0.29) is 10.6 Å². The van der Waals surface area contributed by atoms with Crippen molar-refractivity contribution in [2.45, 2.75) is 25.2 Å². The number of rotatable bonds is 6. The first-order valence-corrected chi connectivity index (χ1v) is 7.91. The summed E-state index contributed by atoms with van der Waals surface area (Å²) in [6.07, 6.45) is 0.763. The number of hydrogen-bond acceptors (Lipinski definition) is 4. The highest BCUT2D eigenvalue weighted by atomic mass is 32.2. The zero-order valence-corrected chi connectivity index (χ0v) is 12.3. The summed E-state index contributed by atoms with van der Waals surface area (Å²) in [5.74, 6) is -1.65. The highest BCUT2D eigenvalue weighted by Crippen LogP contribution is 2.17. The van der Waals surface area contributed by atoms with Gasteiger partial charge in [-0.25, -0.2) is 12.8 Å². The molecule has 0 atom stereocenters. The van der Waals surface area contributed by atoms with Crippen molar-refractivity contribution in [3.05, 3.63) is 24.0 Å². The molecular weight excluding hydrogens is 283 g/mol. The molecule has 0 bridgehead atoms. The van der Waals surface area contributed by atoms with Gasteiger partial charge in [0.05, 0.1) is 4.90 Å². The third kappa shape index (κ3) is 5.16. The molecule has 1 amide bonds. The van der Waals surface area contributed by atoms with Crippen LogP contribution in [0.3, 0.4) is 0 Å². The third-order valence-electron chi connectivity index (χ3n) is 2.62. The van der Waals surface area contributed by atoms with Crippen molar-refractivity contribution >= 4 is 21.4 Å². The lowest BCUT2D eigenvalue weighted by molar-refractivity contribution is -0.118. The number of halogens is 1. The summed E-state index contributed by atoms with van der Waals surface area (Å²) in [6.45, 7) is 4.41. The molecule has 0 saturated heterocycles. The third-order valence-corrected chi connectivity index (χ3v) is 4.21. The minimum Gasteiger partial charge on any atom is -0.399 e. The molecule has 1 aromatic carbocycles. The van der Waals surface area contributed by atoms with Gasteiger partial charge in [0.2, 0.25) is 5.91 Å². The SMILES string of the molecule is CC(C)CCNC(=O)CS(=O)(=O)c1cc(N)cc(F)c1. The number of carbonyl (C=O) groups is 1. The van der Waals surface area contributed by atoms with Crippen LogP contribution in [0.1, 0.15) is 20.3 Å². The number of benzene rings is 1. The fraction of sp³-hybridized carbons (Fsp3) is 0.462. The quantitative estimate of drug-likeness (QED) is 0.776. The number of nitrogens with two attached hydrogens (primary N) is 1. The van der Waals surface area contributed by atoms with E-state index in [1.54, 1.807) is 0 Å². The van der Waals surface area contributed by atoms with Gasteiger partial charge in [-0.15, -0.1) is 0 Å². The summed E-state index contributed by atoms with van der Waals surface area (Å²) in [5.41, 5.74) is 5.40. The van der Waals surface area contributed by atoms with E-state index in [2.05, 4.69) is 5.32 Å². The Labute approximate surface area is 118 Å². The second-order valence-corrected chi connectivity index (χ2v) is 7.00. The lowest BCUT2D eigenvalue weighted by Gasteiger charge is -2.08. The first kappa shape index (κ1) is 16.4. The number of nitrogens with one attached hydrogen (secondary N) is 1. The average molecular weight is 302 g/mol. The van der Waals surface area contributed by atoms with Crippen LogP contribution in [0, 0.1) is 11.7 Å². The highest BCUT2D eigenvalue weighted by molar-refractivity contribution is 7.92. The van der Waals surface area contributed by atoms with Crippen LogP contribution in [-0.2, 0) is 14.6 Å². The molecule has 0 aliphatic carbocycles. The van der Waals surface area contributed by atoms with Gasteiger partial charge in [0.15, 0.2) is 9.84 Å². The lowest BCUT2D eigenvalue weighted by Crippen LogP contribution is -2.31. The Bertz CT molecular complexity index is 565. The van der Waals surface area contributed by atoms with Gasteiger partial charge in [-0.2, -0.15) is 0 Å². The number of anilines is 1. The van der Waals surface area contributed by atoms with Crippen molar-refractivity contribution in [1.29, 1.82) is 0 Å². The molecule has 0 aliphatic rings. The monoisotopic (exact) mass is 302 g/mol. The second kappa shape index (κ2) is 6.69. The standard InChI is InChI=1S/C13H19FN2O3S/c1-9(2)3-4-16-13(17)8-20(18,19)12-6-10(14)5-11(15)7-12/h5-7,9H,3-4,8,15H2,1-2H3,(H,16,17). The first-order chi connectivity index (χ1) is 9.20. The summed E-state index contributed by atoms with van der Waals surface area (Å²) in [4.78, 5) is 11.3. The second-order valence-electron chi connectivity index (χ2n) is 5.01. The molecule has 20 heavy (non-hydrogen) atoms. The van der Waals surface area contributed by atoms with Crippen molar-refractivity contribution in [2.75, 3.05) is 18.0 Å². The summed E-state index contributed by atoms with van der Waals surface area (Å²) < 4.78 is 37.1. The average Bonchev–Trinajstić information content (AvgIpc) is 2.26. The molecule has 1 aromatic rings. The van der Waals surface area contributed by atoms with Crippen molar-refractivity contribution in [3.63, 3.8) is 0 Å². The Balaban J connectivity index is 2.72. The predicted molar refractivity (Wildman–Crippen MR) is 75.3 cm³/mol. The Morgan fingerprint density at radius 1 is 1.35 bits per heavy atom. The van der Waals surface area contributed by atoms with Gasteiger partial charge in [-0.1, -0.05) is 13.8 Å². The van der Waals surface area contributed by atoms with Crippen molar-refractivity contribution in [1.82, 2.24) is 5.32 Å². The van der Waals surface area contributed by atoms with Crippen LogP contribution >= 0.6 is 0 Å². The van der Waals surface area contributed by atoms with E-state index in [1.807, 2.05) is 13.8 Å². The van der Waals surface area contributed by atoms with Gasteiger partial charge in [-0.3, -0.25) is 4.79 Å². The molecule has 3 N–H and O–H groups in total. The maximum atomic E-state index is 13.1.